The number of rotatable bonds is 4. The molecule has 0 radical (unpaired) electrons. The normalized spacial score (nSPS) is 30.0. The Labute approximate surface area is 141 Å². The first-order chi connectivity index (χ1) is 11.1. The van der Waals surface area contributed by atoms with E-state index in [-0.39, 0.29) is 35.6 Å². The number of aliphatic hydroxyl groups excluding tert-OH is 1. The summed E-state index contributed by atoms with van der Waals surface area (Å²) in [5.74, 6) is -0.0169. The van der Waals surface area contributed by atoms with Crippen molar-refractivity contribution in [3.8, 4) is 0 Å². The number of nitrogens with two attached hydrogens (primary N) is 1. The summed E-state index contributed by atoms with van der Waals surface area (Å²) < 4.78 is 19.8. The van der Waals surface area contributed by atoms with Gasteiger partial charge >= 0.3 is 0 Å². The second-order valence-corrected chi connectivity index (χ2v) is 6.97. The molecule has 0 aromatic heterocycles. The molecule has 4 nitrogen and oxygen atoms in total. The van der Waals surface area contributed by atoms with Crippen molar-refractivity contribution in [2.24, 2.45) is 11.7 Å². The van der Waals surface area contributed by atoms with Gasteiger partial charge in [-0.3, -0.25) is 4.90 Å². The molecule has 2 aliphatic rings. The van der Waals surface area contributed by atoms with Crippen LogP contribution in [-0.4, -0.2) is 48.6 Å². The second-order valence-electron chi connectivity index (χ2n) is 6.56. The third-order valence-corrected chi connectivity index (χ3v) is 5.48. The topological polar surface area (TPSA) is 58.7 Å². The molecule has 128 valence electrons. The van der Waals surface area contributed by atoms with E-state index in [0.29, 0.717) is 17.9 Å². The lowest BCUT2D eigenvalue weighted by molar-refractivity contribution is 0.0373. The lowest BCUT2D eigenvalue weighted by Crippen LogP contribution is -2.47. The second kappa shape index (κ2) is 7.45. The molecule has 1 aromatic carbocycles. The van der Waals surface area contributed by atoms with Crippen molar-refractivity contribution in [2.75, 3.05) is 26.4 Å². The molecular weight excluding hydrogens is 319 g/mol. The Balaban J connectivity index is 1.77. The maximum Gasteiger partial charge on any atom is 0.145 e. The molecule has 0 bridgehead atoms. The number of halogens is 2. The van der Waals surface area contributed by atoms with E-state index in [9.17, 15) is 9.50 Å². The van der Waals surface area contributed by atoms with Crippen LogP contribution >= 0.6 is 11.6 Å². The van der Waals surface area contributed by atoms with Crippen molar-refractivity contribution in [1.29, 1.82) is 0 Å². The third kappa shape index (κ3) is 3.54. The molecule has 2 heterocycles. The van der Waals surface area contributed by atoms with Crippen LogP contribution in [0.3, 0.4) is 0 Å². The van der Waals surface area contributed by atoms with Crippen LogP contribution in [-0.2, 0) is 4.74 Å². The molecule has 0 spiro atoms. The fourth-order valence-electron chi connectivity index (χ4n) is 3.84. The number of ether oxygens (including phenoxy) is 1. The average Bonchev–Trinajstić information content (AvgIpc) is 2.87. The Morgan fingerprint density at radius 1 is 1.35 bits per heavy atom. The lowest BCUT2D eigenvalue weighted by Gasteiger charge is -2.33. The highest BCUT2D eigenvalue weighted by atomic mass is 35.5. The maximum atomic E-state index is 14.4. The number of benzene rings is 1. The zero-order chi connectivity index (χ0) is 16.4. The van der Waals surface area contributed by atoms with E-state index < -0.39 is 0 Å². The molecule has 3 N–H and O–H groups in total. The molecule has 6 heteroatoms. The van der Waals surface area contributed by atoms with E-state index in [1.54, 1.807) is 18.2 Å². The molecule has 2 aliphatic heterocycles. The van der Waals surface area contributed by atoms with Crippen LogP contribution in [0.25, 0.3) is 0 Å². The van der Waals surface area contributed by atoms with Gasteiger partial charge in [-0.15, -0.1) is 0 Å². The third-order valence-electron chi connectivity index (χ3n) is 5.19. The molecule has 3 rings (SSSR count). The number of likely N-dealkylation sites (tertiary alicyclic amines) is 1. The molecule has 3 atom stereocenters. The highest BCUT2D eigenvalue weighted by Gasteiger charge is 2.41. The first kappa shape index (κ1) is 17.1. The molecular formula is C17H24ClFN2O2. The maximum absolute atomic E-state index is 14.4. The Morgan fingerprint density at radius 2 is 2.09 bits per heavy atom. The van der Waals surface area contributed by atoms with Gasteiger partial charge in [0.1, 0.15) is 5.82 Å². The monoisotopic (exact) mass is 342 g/mol. The minimum atomic E-state index is -0.390. The zero-order valence-corrected chi connectivity index (χ0v) is 13.9. The van der Waals surface area contributed by atoms with Gasteiger partial charge in [0.15, 0.2) is 0 Å². The average molecular weight is 343 g/mol. The van der Waals surface area contributed by atoms with Crippen LogP contribution in [0.1, 0.15) is 30.7 Å². The quantitative estimate of drug-likeness (QED) is 0.881. The van der Waals surface area contributed by atoms with E-state index in [2.05, 4.69) is 4.90 Å². The first-order valence-electron chi connectivity index (χ1n) is 8.25. The van der Waals surface area contributed by atoms with Crippen LogP contribution in [0.4, 0.5) is 4.39 Å². The standard InChI is InChI=1S/C17H24ClFN2O2/c18-15-3-1-2-13(16(15)19)14-8-12(10-22)21(17(14)20)9-11-4-6-23-7-5-11/h1-3,11-12,14,17,22H,4-10,20H2/t12-,14?,17?/m1/s1. The number of hydrogen-bond acceptors (Lipinski definition) is 4. The van der Waals surface area contributed by atoms with E-state index in [0.717, 1.165) is 32.6 Å². The smallest absolute Gasteiger partial charge is 0.145 e. The van der Waals surface area contributed by atoms with Gasteiger partial charge in [-0.1, -0.05) is 23.7 Å². The summed E-state index contributed by atoms with van der Waals surface area (Å²) in [6.45, 7) is 2.43. The zero-order valence-electron chi connectivity index (χ0n) is 13.1. The highest BCUT2D eigenvalue weighted by Crippen LogP contribution is 2.38. The number of nitrogens with zero attached hydrogens (tertiary/aromatic N) is 1. The van der Waals surface area contributed by atoms with Crippen LogP contribution in [0.2, 0.25) is 5.02 Å². The van der Waals surface area contributed by atoms with E-state index in [1.807, 2.05) is 0 Å². The minimum absolute atomic E-state index is 0.0313. The summed E-state index contributed by atoms with van der Waals surface area (Å²) in [6.07, 6.45) is 2.37. The molecule has 0 aliphatic carbocycles. The van der Waals surface area contributed by atoms with Crippen molar-refractivity contribution < 1.29 is 14.2 Å². The van der Waals surface area contributed by atoms with Crippen molar-refractivity contribution in [2.45, 2.75) is 37.4 Å². The number of hydrogen-bond donors (Lipinski definition) is 2. The first-order valence-corrected chi connectivity index (χ1v) is 8.63. The molecule has 2 fully saturated rings. The summed E-state index contributed by atoms with van der Waals surface area (Å²) in [5.41, 5.74) is 6.98. The van der Waals surface area contributed by atoms with Gasteiger partial charge in [0.05, 0.1) is 17.8 Å². The van der Waals surface area contributed by atoms with Crippen LogP contribution in [0.5, 0.6) is 0 Å². The van der Waals surface area contributed by atoms with Gasteiger partial charge < -0.3 is 15.6 Å². The van der Waals surface area contributed by atoms with E-state index >= 15 is 0 Å². The lowest BCUT2D eigenvalue weighted by atomic mass is 9.94. The van der Waals surface area contributed by atoms with Crippen molar-refractivity contribution >= 4 is 11.6 Å². The van der Waals surface area contributed by atoms with Gasteiger partial charge in [-0.2, -0.15) is 0 Å². The fraction of sp³-hybridized carbons (Fsp3) is 0.647. The Morgan fingerprint density at radius 3 is 2.78 bits per heavy atom. The molecule has 0 saturated carbocycles. The van der Waals surface area contributed by atoms with E-state index in [1.165, 1.54) is 0 Å². The summed E-state index contributed by atoms with van der Waals surface area (Å²) in [6, 6.07) is 5.02. The van der Waals surface area contributed by atoms with Crippen LogP contribution in [0, 0.1) is 11.7 Å². The highest BCUT2D eigenvalue weighted by molar-refractivity contribution is 6.30. The molecule has 2 unspecified atom stereocenters. The van der Waals surface area contributed by atoms with Gasteiger partial charge in [-0.25, -0.2) is 4.39 Å². The Kier molecular flexibility index (Phi) is 5.54. The van der Waals surface area contributed by atoms with Crippen LogP contribution < -0.4 is 5.73 Å². The van der Waals surface area contributed by atoms with Gasteiger partial charge in [0.2, 0.25) is 0 Å². The Hall–Kier alpha value is -0.720. The Bertz CT molecular complexity index is 539. The number of aliphatic hydroxyl groups is 1. The predicted molar refractivity (Wildman–Crippen MR) is 87.9 cm³/mol. The predicted octanol–water partition coefficient (Wildman–Crippen LogP) is 2.34. The summed E-state index contributed by atoms with van der Waals surface area (Å²) in [7, 11) is 0. The molecule has 2 saturated heterocycles. The van der Waals surface area contributed by atoms with Crippen molar-refractivity contribution in [1.82, 2.24) is 4.90 Å². The van der Waals surface area contributed by atoms with Crippen molar-refractivity contribution in [3.05, 3.63) is 34.6 Å². The van der Waals surface area contributed by atoms with Crippen LogP contribution in [0.15, 0.2) is 18.2 Å². The molecule has 1 aromatic rings. The fourth-order valence-corrected chi connectivity index (χ4v) is 4.02. The summed E-state index contributed by atoms with van der Waals surface area (Å²) in [5, 5.41) is 9.85. The molecule has 23 heavy (non-hydrogen) atoms. The van der Waals surface area contributed by atoms with Gasteiger partial charge in [0, 0.05) is 31.7 Å². The summed E-state index contributed by atoms with van der Waals surface area (Å²) in [4.78, 5) is 2.14. The largest absolute Gasteiger partial charge is 0.395 e. The SMILES string of the molecule is NC1C(c2cccc(Cl)c2F)C[C@H](CO)N1CC1CCOCC1. The van der Waals surface area contributed by atoms with Crippen molar-refractivity contribution in [3.63, 3.8) is 0 Å². The molecule has 0 amide bonds. The van der Waals surface area contributed by atoms with Gasteiger partial charge in [-0.05, 0) is 36.8 Å². The minimum Gasteiger partial charge on any atom is -0.395 e. The van der Waals surface area contributed by atoms with Gasteiger partial charge in [0.25, 0.3) is 0 Å². The summed E-state index contributed by atoms with van der Waals surface area (Å²) >= 11 is 5.91. The van der Waals surface area contributed by atoms with E-state index in [4.69, 9.17) is 22.1 Å².